The summed E-state index contributed by atoms with van der Waals surface area (Å²) in [6.07, 6.45) is 3.50. The Hall–Kier alpha value is -0.790. The fourth-order valence-electron chi connectivity index (χ4n) is 0.240. The Morgan fingerprint density at radius 1 is 1.50 bits per heavy atom. The van der Waals surface area contributed by atoms with Crippen LogP contribution in [-0.2, 0) is 4.84 Å². The molecule has 0 rings (SSSR count). The summed E-state index contributed by atoms with van der Waals surface area (Å²) in [6.45, 7) is 4.00. The second-order valence-electron chi connectivity index (χ2n) is 1.68. The Bertz CT molecular complexity index is 101. The van der Waals surface area contributed by atoms with Crippen molar-refractivity contribution < 1.29 is 4.84 Å². The lowest BCUT2D eigenvalue weighted by Crippen LogP contribution is -1.70. The van der Waals surface area contributed by atoms with Crippen LogP contribution in [0.3, 0.4) is 0 Å². The highest BCUT2D eigenvalue weighted by atomic mass is 16.6. The van der Waals surface area contributed by atoms with Crippen LogP contribution < -0.4 is 0 Å². The molecule has 0 unspecified atom stereocenters. The fourth-order valence-corrected chi connectivity index (χ4v) is 0.240. The summed E-state index contributed by atoms with van der Waals surface area (Å²) in [6, 6.07) is 0. The maximum Gasteiger partial charge on any atom is 0.106 e. The highest BCUT2D eigenvalue weighted by Crippen LogP contribution is 1.83. The molecule has 0 N–H and O–H groups in total. The second kappa shape index (κ2) is 4.37. The summed E-state index contributed by atoms with van der Waals surface area (Å²) >= 11 is 0. The first-order chi connectivity index (χ1) is 3.77. The molecule has 0 aromatic rings. The van der Waals surface area contributed by atoms with Crippen LogP contribution in [0, 0.1) is 0 Å². The smallest absolute Gasteiger partial charge is 0.106 e. The Balaban J connectivity index is 3.42. The summed E-state index contributed by atoms with van der Waals surface area (Å²) in [5.41, 5.74) is 1.21. The van der Waals surface area contributed by atoms with Gasteiger partial charge in [-0.15, -0.1) is 0 Å². The molecule has 0 spiro atoms. The summed E-state index contributed by atoms with van der Waals surface area (Å²) in [7, 11) is 1.52. The first-order valence-electron chi connectivity index (χ1n) is 2.47. The maximum absolute atomic E-state index is 4.42. The van der Waals surface area contributed by atoms with Gasteiger partial charge in [0.1, 0.15) is 7.11 Å². The third kappa shape index (κ3) is 5.21. The highest BCUT2D eigenvalue weighted by Gasteiger charge is 1.68. The van der Waals surface area contributed by atoms with Gasteiger partial charge in [0, 0.05) is 0 Å². The van der Waals surface area contributed by atoms with Crippen LogP contribution in [0.25, 0.3) is 0 Å². The minimum absolute atomic E-state index is 1.21. The largest absolute Gasteiger partial charge is 0.399 e. The van der Waals surface area contributed by atoms with Gasteiger partial charge in [0.15, 0.2) is 0 Å². The van der Waals surface area contributed by atoms with E-state index in [4.69, 9.17) is 0 Å². The van der Waals surface area contributed by atoms with Crippen molar-refractivity contribution >= 4 is 6.21 Å². The highest BCUT2D eigenvalue weighted by molar-refractivity contribution is 5.71. The van der Waals surface area contributed by atoms with Crippen molar-refractivity contribution in [1.29, 1.82) is 0 Å². The van der Waals surface area contributed by atoms with E-state index in [0.29, 0.717) is 0 Å². The number of nitrogens with zero attached hydrogens (tertiary/aromatic N) is 1. The lowest BCUT2D eigenvalue weighted by molar-refractivity contribution is 0.215. The zero-order valence-corrected chi connectivity index (χ0v) is 5.51. The molecule has 0 aliphatic rings. The maximum atomic E-state index is 4.42. The van der Waals surface area contributed by atoms with Crippen molar-refractivity contribution in [1.82, 2.24) is 0 Å². The third-order valence-corrected chi connectivity index (χ3v) is 0.574. The summed E-state index contributed by atoms with van der Waals surface area (Å²) in [5.74, 6) is 0. The van der Waals surface area contributed by atoms with Crippen molar-refractivity contribution in [2.75, 3.05) is 7.11 Å². The molecule has 0 atom stereocenters. The first-order valence-corrected chi connectivity index (χ1v) is 2.47. The lowest BCUT2D eigenvalue weighted by Gasteiger charge is -1.81. The van der Waals surface area contributed by atoms with E-state index in [1.807, 2.05) is 19.9 Å². The summed E-state index contributed by atoms with van der Waals surface area (Å²) < 4.78 is 0. The molecule has 0 radical (unpaired) electrons. The summed E-state index contributed by atoms with van der Waals surface area (Å²) in [4.78, 5) is 4.42. The van der Waals surface area contributed by atoms with Gasteiger partial charge in [-0.2, -0.15) is 0 Å². The molecule has 0 saturated heterocycles. The number of oxime groups is 1. The minimum atomic E-state index is 1.21. The van der Waals surface area contributed by atoms with Crippen molar-refractivity contribution in [3.8, 4) is 0 Å². The second-order valence-corrected chi connectivity index (χ2v) is 1.68. The standard InChI is InChI=1S/C6H11NO/c1-6(2)4-5-7-8-3/h4-5H,1-3H3/b7-5+. The predicted octanol–water partition coefficient (Wildman–Crippen LogP) is 1.58. The van der Waals surface area contributed by atoms with Crippen LogP contribution in [0.15, 0.2) is 16.8 Å². The molecule has 46 valence electrons. The van der Waals surface area contributed by atoms with Gasteiger partial charge in [-0.1, -0.05) is 10.7 Å². The van der Waals surface area contributed by atoms with E-state index in [2.05, 4.69) is 9.99 Å². The van der Waals surface area contributed by atoms with Crippen molar-refractivity contribution in [3.05, 3.63) is 11.6 Å². The normalized spacial score (nSPS) is 9.38. The number of hydrogen-bond acceptors (Lipinski definition) is 2. The first kappa shape index (κ1) is 7.21. The molecule has 2 heteroatoms. The molecule has 0 aromatic heterocycles. The van der Waals surface area contributed by atoms with Gasteiger partial charge < -0.3 is 4.84 Å². The zero-order chi connectivity index (χ0) is 6.41. The molecule has 0 fully saturated rings. The van der Waals surface area contributed by atoms with E-state index in [9.17, 15) is 0 Å². The topological polar surface area (TPSA) is 21.6 Å². The molecule has 0 heterocycles. The molecular formula is C6H11NO. The molecule has 0 aliphatic heterocycles. The minimum Gasteiger partial charge on any atom is -0.399 e. The van der Waals surface area contributed by atoms with E-state index in [1.165, 1.54) is 12.7 Å². The van der Waals surface area contributed by atoms with Gasteiger partial charge in [-0.3, -0.25) is 0 Å². The average molecular weight is 113 g/mol. The van der Waals surface area contributed by atoms with Crippen LogP contribution in [-0.4, -0.2) is 13.3 Å². The van der Waals surface area contributed by atoms with Gasteiger partial charge in [-0.25, -0.2) is 0 Å². The van der Waals surface area contributed by atoms with Gasteiger partial charge in [0.2, 0.25) is 0 Å². The average Bonchev–Trinajstić information content (AvgIpc) is 1.66. The van der Waals surface area contributed by atoms with Gasteiger partial charge in [0.05, 0.1) is 6.21 Å². The van der Waals surface area contributed by atoms with Crippen molar-refractivity contribution in [2.45, 2.75) is 13.8 Å². The molecular weight excluding hydrogens is 102 g/mol. The van der Waals surface area contributed by atoms with Crippen LogP contribution in [0.1, 0.15) is 13.8 Å². The van der Waals surface area contributed by atoms with Crippen molar-refractivity contribution in [2.24, 2.45) is 5.16 Å². The number of rotatable bonds is 2. The summed E-state index contributed by atoms with van der Waals surface area (Å²) in [5, 5.41) is 3.51. The quantitative estimate of drug-likeness (QED) is 0.393. The Morgan fingerprint density at radius 3 is 2.50 bits per heavy atom. The Labute approximate surface area is 49.8 Å². The van der Waals surface area contributed by atoms with E-state index >= 15 is 0 Å². The molecule has 0 amide bonds. The van der Waals surface area contributed by atoms with E-state index in [1.54, 1.807) is 6.21 Å². The monoisotopic (exact) mass is 113 g/mol. The van der Waals surface area contributed by atoms with E-state index in [-0.39, 0.29) is 0 Å². The molecule has 8 heavy (non-hydrogen) atoms. The third-order valence-electron chi connectivity index (χ3n) is 0.574. The van der Waals surface area contributed by atoms with Crippen LogP contribution in [0.2, 0.25) is 0 Å². The van der Waals surface area contributed by atoms with Gasteiger partial charge >= 0.3 is 0 Å². The Morgan fingerprint density at radius 2 is 2.12 bits per heavy atom. The van der Waals surface area contributed by atoms with Crippen molar-refractivity contribution in [3.63, 3.8) is 0 Å². The van der Waals surface area contributed by atoms with Crippen LogP contribution in [0.4, 0.5) is 0 Å². The SMILES string of the molecule is CO/N=C/C=C(C)C. The molecule has 0 saturated carbocycles. The molecule has 2 nitrogen and oxygen atoms in total. The molecule has 0 bridgehead atoms. The fraction of sp³-hybridized carbons (Fsp3) is 0.500. The molecule has 0 aromatic carbocycles. The van der Waals surface area contributed by atoms with Gasteiger partial charge in [0.25, 0.3) is 0 Å². The predicted molar refractivity (Wildman–Crippen MR) is 34.9 cm³/mol. The van der Waals surface area contributed by atoms with Crippen LogP contribution in [0.5, 0.6) is 0 Å². The van der Waals surface area contributed by atoms with E-state index in [0.717, 1.165) is 0 Å². The van der Waals surface area contributed by atoms with Gasteiger partial charge in [-0.05, 0) is 19.9 Å². The molecule has 0 aliphatic carbocycles. The number of hydrogen-bond donors (Lipinski definition) is 0. The lowest BCUT2D eigenvalue weighted by atomic mass is 10.3. The number of allylic oxidation sites excluding steroid dienone is 2. The zero-order valence-electron chi connectivity index (χ0n) is 5.51. The van der Waals surface area contributed by atoms with E-state index < -0.39 is 0 Å². The Kier molecular flexibility index (Phi) is 3.94. The van der Waals surface area contributed by atoms with Crippen LogP contribution >= 0.6 is 0 Å².